The minimum Gasteiger partial charge on any atom is -0.495 e. The van der Waals surface area contributed by atoms with Gasteiger partial charge in [-0.15, -0.1) is 0 Å². The summed E-state index contributed by atoms with van der Waals surface area (Å²) in [6.45, 7) is 1.87. The molecule has 1 aromatic heterocycles. The number of alkyl halides is 3. The summed E-state index contributed by atoms with van der Waals surface area (Å²) in [4.78, 5) is 73.9. The average molecular weight is 786 g/mol. The Kier molecular flexibility index (Phi) is 10.8. The van der Waals surface area contributed by atoms with Crippen molar-refractivity contribution in [2.75, 3.05) is 42.8 Å². The van der Waals surface area contributed by atoms with E-state index in [-0.39, 0.29) is 47.2 Å². The second kappa shape index (κ2) is 15.9. The van der Waals surface area contributed by atoms with Gasteiger partial charge in [-0.3, -0.25) is 34.2 Å². The molecule has 1 unspecified atom stereocenters. The number of rotatable bonds is 11. The third-order valence-corrected chi connectivity index (χ3v) is 10.1. The second-order valence-electron chi connectivity index (χ2n) is 13.7. The quantitative estimate of drug-likeness (QED) is 0.134. The summed E-state index contributed by atoms with van der Waals surface area (Å²) in [5.41, 5.74) is 1.72. The summed E-state index contributed by atoms with van der Waals surface area (Å²) in [6.07, 6.45) is -2.39. The van der Waals surface area contributed by atoms with Crippen LogP contribution < -0.4 is 36.2 Å². The number of nitrogens with zero attached hydrogens (tertiary/aromatic N) is 4. The highest BCUT2D eigenvalue weighted by molar-refractivity contribution is 6.23. The topological polar surface area (TPSA) is 187 Å². The van der Waals surface area contributed by atoms with Crippen molar-refractivity contribution in [1.29, 1.82) is 0 Å². The van der Waals surface area contributed by atoms with E-state index in [4.69, 9.17) is 4.74 Å². The molecule has 18 heteroatoms. The number of methoxy groups -OCH3 is 1. The summed E-state index contributed by atoms with van der Waals surface area (Å²) >= 11 is 0. The van der Waals surface area contributed by atoms with E-state index in [0.29, 0.717) is 37.3 Å². The van der Waals surface area contributed by atoms with Gasteiger partial charge in [0.2, 0.25) is 17.8 Å². The van der Waals surface area contributed by atoms with Gasteiger partial charge in [-0.1, -0.05) is 18.2 Å². The largest absolute Gasteiger partial charge is 0.495 e. The lowest BCUT2D eigenvalue weighted by Crippen LogP contribution is -2.54. The van der Waals surface area contributed by atoms with Crippen molar-refractivity contribution < 1.29 is 41.9 Å². The van der Waals surface area contributed by atoms with Crippen molar-refractivity contribution in [3.63, 3.8) is 0 Å². The number of benzene rings is 3. The van der Waals surface area contributed by atoms with E-state index >= 15 is 0 Å². The zero-order valence-corrected chi connectivity index (χ0v) is 30.8. The van der Waals surface area contributed by atoms with Crippen LogP contribution >= 0.6 is 0 Å². The number of hydrogen-bond acceptors (Lipinski definition) is 12. The van der Waals surface area contributed by atoms with Crippen molar-refractivity contribution in [1.82, 2.24) is 30.8 Å². The molecule has 5 N–H and O–H groups in total. The fraction of sp³-hybridized carbons (Fsp3) is 0.308. The number of ether oxygens (including phenoxy) is 1. The molecule has 5 amide bonds. The van der Waals surface area contributed by atoms with Crippen molar-refractivity contribution in [2.45, 2.75) is 50.5 Å². The molecule has 4 heterocycles. The molecule has 296 valence electrons. The van der Waals surface area contributed by atoms with Crippen LogP contribution in [0.25, 0.3) is 0 Å². The fourth-order valence-electron chi connectivity index (χ4n) is 7.13. The Morgan fingerprint density at radius 2 is 1.68 bits per heavy atom. The van der Waals surface area contributed by atoms with Gasteiger partial charge in [0.25, 0.3) is 17.7 Å². The molecule has 2 fully saturated rings. The van der Waals surface area contributed by atoms with Crippen molar-refractivity contribution in [3.05, 3.63) is 94.7 Å². The summed E-state index contributed by atoms with van der Waals surface area (Å²) in [7, 11) is 2.89. The van der Waals surface area contributed by atoms with Crippen LogP contribution in [-0.4, -0.2) is 83.7 Å². The van der Waals surface area contributed by atoms with Crippen LogP contribution in [0, 0.1) is 0 Å². The Balaban J connectivity index is 0.969. The Hall–Kier alpha value is -6.56. The van der Waals surface area contributed by atoms with Crippen LogP contribution in [0.15, 0.2) is 66.9 Å². The van der Waals surface area contributed by atoms with Crippen molar-refractivity contribution >= 4 is 58.4 Å². The second-order valence-corrected chi connectivity index (χ2v) is 13.7. The number of carbonyl (C=O) groups excluding carboxylic acids is 5. The minimum absolute atomic E-state index is 0.0504. The van der Waals surface area contributed by atoms with Gasteiger partial charge >= 0.3 is 6.18 Å². The van der Waals surface area contributed by atoms with E-state index in [1.807, 2.05) is 6.07 Å². The van der Waals surface area contributed by atoms with Gasteiger partial charge in [-0.2, -0.15) is 18.2 Å². The monoisotopic (exact) mass is 785 g/mol. The molecule has 0 radical (unpaired) electrons. The maximum atomic E-state index is 14.0. The zero-order chi connectivity index (χ0) is 40.4. The summed E-state index contributed by atoms with van der Waals surface area (Å²) in [6, 6.07) is 15.7. The van der Waals surface area contributed by atoms with E-state index in [1.54, 1.807) is 42.5 Å². The highest BCUT2D eigenvalue weighted by Gasteiger charge is 2.45. The Morgan fingerprint density at radius 3 is 2.40 bits per heavy atom. The smallest absolute Gasteiger partial charge is 0.421 e. The van der Waals surface area contributed by atoms with Crippen molar-refractivity contribution in [3.8, 4) is 5.75 Å². The van der Waals surface area contributed by atoms with Crippen LogP contribution in [0.1, 0.15) is 67.9 Å². The van der Waals surface area contributed by atoms with E-state index in [2.05, 4.69) is 41.5 Å². The Labute approximate surface area is 324 Å². The van der Waals surface area contributed by atoms with Crippen LogP contribution in [0.3, 0.4) is 0 Å². The molecule has 4 aromatic rings. The number of hydrogen-bond donors (Lipinski definition) is 5. The number of fused-ring (bicyclic) bond motifs is 1. The number of piperidine rings is 2. The SMILES string of the molecule is CNC(=O)c1ccccc1Nc1nc(Nc2ccc(CNC3CCN(c4ccc5c(c4)C(=O)N(C4CCC(=O)NC4=O)C5=O)CC3)cc2OC)ncc1C(F)(F)F. The number of anilines is 5. The summed E-state index contributed by atoms with van der Waals surface area (Å²) in [5, 5.41) is 13.8. The van der Waals surface area contributed by atoms with Gasteiger partial charge in [0.1, 0.15) is 23.2 Å². The standard InChI is InChI=1S/C39H38F3N9O6/c1-43-34(53)25-5-3-4-6-28(25)46-33-27(39(40,41)42)20-45-38(49-33)47-29-10-7-21(17-31(29)57-2)19-44-22-13-15-50(16-14-22)23-8-9-24-26(18-23)37(56)51(36(24)55)30-11-12-32(52)48-35(30)54/h3-10,17-18,20,22,30,44H,11-16,19H2,1-2H3,(H,43,53)(H,48,52,54)(H2,45,46,47,49). The van der Waals surface area contributed by atoms with Gasteiger partial charge in [-0.05, 0) is 67.3 Å². The number of nitrogens with one attached hydrogen (secondary N) is 5. The first-order valence-corrected chi connectivity index (χ1v) is 18.1. The summed E-state index contributed by atoms with van der Waals surface area (Å²) < 4.78 is 47.5. The lowest BCUT2D eigenvalue weighted by Gasteiger charge is -2.34. The highest BCUT2D eigenvalue weighted by Crippen LogP contribution is 2.37. The maximum absolute atomic E-state index is 14.0. The first-order valence-electron chi connectivity index (χ1n) is 18.1. The Bertz CT molecular complexity index is 2260. The van der Waals surface area contributed by atoms with Crippen LogP contribution in [-0.2, 0) is 22.3 Å². The number of amides is 5. The van der Waals surface area contributed by atoms with Crippen LogP contribution in [0.4, 0.5) is 42.0 Å². The van der Waals surface area contributed by atoms with E-state index in [1.165, 1.54) is 26.3 Å². The predicted octanol–water partition coefficient (Wildman–Crippen LogP) is 4.51. The third-order valence-electron chi connectivity index (χ3n) is 10.1. The number of aromatic nitrogens is 2. The summed E-state index contributed by atoms with van der Waals surface area (Å²) in [5.74, 6) is -2.93. The predicted molar refractivity (Wildman–Crippen MR) is 202 cm³/mol. The highest BCUT2D eigenvalue weighted by atomic mass is 19.4. The fourth-order valence-corrected chi connectivity index (χ4v) is 7.13. The molecular formula is C39H38F3N9O6. The van der Waals surface area contributed by atoms with Gasteiger partial charge in [0, 0.05) is 51.0 Å². The van der Waals surface area contributed by atoms with Gasteiger partial charge in [-0.25, -0.2) is 4.98 Å². The molecule has 1 atom stereocenters. The lowest BCUT2D eigenvalue weighted by atomic mass is 10.0. The molecule has 0 bridgehead atoms. The molecule has 0 saturated carbocycles. The number of para-hydroxylation sites is 1. The number of imide groups is 2. The van der Waals surface area contributed by atoms with Crippen LogP contribution in [0.5, 0.6) is 5.75 Å². The van der Waals surface area contributed by atoms with Gasteiger partial charge in [0.15, 0.2) is 0 Å². The van der Waals surface area contributed by atoms with E-state index in [0.717, 1.165) is 29.0 Å². The molecule has 2 saturated heterocycles. The average Bonchev–Trinajstić information content (AvgIpc) is 3.45. The molecular weight excluding hydrogens is 747 g/mol. The maximum Gasteiger partial charge on any atom is 0.421 e. The van der Waals surface area contributed by atoms with E-state index < -0.39 is 53.1 Å². The number of carbonyl (C=O) groups is 5. The van der Waals surface area contributed by atoms with Crippen molar-refractivity contribution in [2.24, 2.45) is 0 Å². The Morgan fingerprint density at radius 1 is 0.930 bits per heavy atom. The molecule has 3 aliphatic heterocycles. The third kappa shape index (κ3) is 8.07. The molecule has 7 rings (SSSR count). The minimum atomic E-state index is -4.78. The molecule has 57 heavy (non-hydrogen) atoms. The zero-order valence-electron chi connectivity index (χ0n) is 30.8. The molecule has 0 aliphatic carbocycles. The molecule has 3 aromatic carbocycles. The molecule has 3 aliphatic rings. The molecule has 15 nitrogen and oxygen atoms in total. The van der Waals surface area contributed by atoms with Gasteiger partial charge < -0.3 is 30.9 Å². The first-order chi connectivity index (χ1) is 27.3. The van der Waals surface area contributed by atoms with Gasteiger partial charge in [0.05, 0.1) is 35.2 Å². The normalized spacial score (nSPS) is 17.3. The first kappa shape index (κ1) is 38.7. The van der Waals surface area contributed by atoms with E-state index in [9.17, 15) is 37.1 Å². The molecule has 0 spiro atoms. The number of halogens is 3. The lowest BCUT2D eigenvalue weighted by molar-refractivity contribution is -0.138. The van der Waals surface area contributed by atoms with Crippen LogP contribution in [0.2, 0.25) is 0 Å².